The van der Waals surface area contributed by atoms with Crippen molar-refractivity contribution in [2.45, 2.75) is 19.2 Å². The van der Waals surface area contributed by atoms with E-state index in [1.165, 1.54) is 6.33 Å². The number of hydrogen-bond acceptors (Lipinski definition) is 7. The lowest BCUT2D eigenvalue weighted by Crippen LogP contribution is -2.37. The summed E-state index contributed by atoms with van der Waals surface area (Å²) in [6.07, 6.45) is 3.05. The van der Waals surface area contributed by atoms with E-state index in [9.17, 15) is 9.90 Å². The zero-order valence-corrected chi connectivity index (χ0v) is 12.5. The molecule has 21 heavy (non-hydrogen) atoms. The highest BCUT2D eigenvalue weighted by molar-refractivity contribution is 7.98. The van der Waals surface area contributed by atoms with Gasteiger partial charge in [-0.15, -0.1) is 0 Å². The van der Waals surface area contributed by atoms with Gasteiger partial charge in [-0.25, -0.2) is 4.98 Å². The molecule has 0 bridgehead atoms. The molecule has 2 rings (SSSR count). The zero-order chi connectivity index (χ0) is 15.2. The molecule has 9 heteroatoms. The summed E-state index contributed by atoms with van der Waals surface area (Å²) < 4.78 is 0. The molecule has 0 radical (unpaired) electrons. The third-order valence-corrected chi connectivity index (χ3v) is 4.00. The van der Waals surface area contributed by atoms with Crippen LogP contribution in [0.4, 0.5) is 0 Å². The number of aromatic amines is 2. The van der Waals surface area contributed by atoms with Crippen LogP contribution in [-0.2, 0) is 6.54 Å². The van der Waals surface area contributed by atoms with Gasteiger partial charge in [0.2, 0.25) is 0 Å². The molecular weight excluding hydrogens is 294 g/mol. The molecule has 0 saturated carbocycles. The van der Waals surface area contributed by atoms with Crippen LogP contribution in [0.15, 0.2) is 11.1 Å². The van der Waals surface area contributed by atoms with E-state index in [4.69, 9.17) is 5.11 Å². The summed E-state index contributed by atoms with van der Waals surface area (Å²) >= 11 is 1.62. The smallest absolute Gasteiger partial charge is 0.276 e. The van der Waals surface area contributed by atoms with Gasteiger partial charge in [0, 0.05) is 19.1 Å². The topological polar surface area (TPSA) is 127 Å². The highest BCUT2D eigenvalue weighted by Gasteiger charge is 2.19. The summed E-state index contributed by atoms with van der Waals surface area (Å²) in [5.74, 6) is 0.695. The van der Waals surface area contributed by atoms with Gasteiger partial charge in [0.1, 0.15) is 23.0 Å². The molecule has 2 atom stereocenters. The van der Waals surface area contributed by atoms with E-state index >= 15 is 0 Å². The van der Waals surface area contributed by atoms with Gasteiger partial charge in [-0.05, 0) is 18.4 Å². The average Bonchev–Trinajstić information content (AvgIpc) is 2.89. The van der Waals surface area contributed by atoms with E-state index in [1.807, 2.05) is 6.26 Å². The monoisotopic (exact) mass is 313 g/mol. The first-order chi connectivity index (χ1) is 10.2. The van der Waals surface area contributed by atoms with Gasteiger partial charge in [-0.2, -0.15) is 16.9 Å². The van der Waals surface area contributed by atoms with Gasteiger partial charge in [-0.3, -0.25) is 15.2 Å². The van der Waals surface area contributed by atoms with E-state index in [0.29, 0.717) is 23.1 Å². The Labute approximate surface area is 125 Å². The lowest BCUT2D eigenvalue weighted by molar-refractivity contribution is 0.0691. The molecular formula is C12H19N5O3S. The van der Waals surface area contributed by atoms with Crippen molar-refractivity contribution < 1.29 is 10.2 Å². The molecule has 2 aromatic heterocycles. The van der Waals surface area contributed by atoms with Crippen LogP contribution in [0.25, 0.3) is 11.0 Å². The molecule has 1 unspecified atom stereocenters. The SMILES string of the molecule is CSC[C@@H](CCO)C(O)NCc1n[nH]c2c(=O)[nH]cnc12. The lowest BCUT2D eigenvalue weighted by atomic mass is 10.1. The van der Waals surface area contributed by atoms with Crippen molar-refractivity contribution in [3.05, 3.63) is 22.4 Å². The third kappa shape index (κ3) is 3.82. The quantitative estimate of drug-likeness (QED) is 0.412. The van der Waals surface area contributed by atoms with E-state index in [2.05, 4.69) is 25.5 Å². The molecule has 0 aliphatic rings. The van der Waals surface area contributed by atoms with E-state index in [-0.39, 0.29) is 24.6 Å². The molecule has 0 fully saturated rings. The molecule has 0 aromatic carbocycles. The Balaban J connectivity index is 2.04. The largest absolute Gasteiger partial charge is 0.396 e. The standard InChI is InChI=1S/C12H19N5O3S/c1-21-5-7(2-3-18)11(19)13-4-8-9-10(17-16-8)12(20)15-6-14-9/h6-7,11,13,18-19H,2-5H2,1H3,(H,16,17)(H,14,15,20)/t7-,11?/m1/s1. The predicted octanol–water partition coefficient (Wildman–Crippen LogP) is -0.584. The molecule has 0 aliphatic heterocycles. The number of fused-ring (bicyclic) bond motifs is 1. The Morgan fingerprint density at radius 1 is 1.52 bits per heavy atom. The maximum atomic E-state index is 11.5. The first-order valence-electron chi connectivity index (χ1n) is 6.59. The summed E-state index contributed by atoms with van der Waals surface area (Å²) in [5.41, 5.74) is 1.10. The summed E-state index contributed by atoms with van der Waals surface area (Å²) in [6.45, 7) is 0.320. The molecule has 8 nitrogen and oxygen atoms in total. The summed E-state index contributed by atoms with van der Waals surface area (Å²) in [7, 11) is 0. The molecule has 0 aliphatic carbocycles. The Bertz CT molecular complexity index is 623. The molecule has 0 amide bonds. The zero-order valence-electron chi connectivity index (χ0n) is 11.7. The number of rotatable bonds is 8. The summed E-state index contributed by atoms with van der Waals surface area (Å²) in [6, 6.07) is 0. The lowest BCUT2D eigenvalue weighted by Gasteiger charge is -2.22. The fourth-order valence-electron chi connectivity index (χ4n) is 2.10. The fraction of sp³-hybridized carbons (Fsp3) is 0.583. The predicted molar refractivity (Wildman–Crippen MR) is 80.9 cm³/mol. The third-order valence-electron chi connectivity index (χ3n) is 3.23. The highest BCUT2D eigenvalue weighted by atomic mass is 32.2. The Kier molecular flexibility index (Phi) is 5.74. The first kappa shape index (κ1) is 16.0. The molecule has 2 heterocycles. The minimum absolute atomic E-state index is 0.0340. The van der Waals surface area contributed by atoms with Crippen LogP contribution in [0.2, 0.25) is 0 Å². The van der Waals surface area contributed by atoms with Gasteiger partial charge < -0.3 is 15.2 Å². The van der Waals surface area contributed by atoms with Gasteiger partial charge in [0.15, 0.2) is 0 Å². The second-order valence-electron chi connectivity index (χ2n) is 4.68. The second-order valence-corrected chi connectivity index (χ2v) is 5.59. The van der Waals surface area contributed by atoms with Crippen LogP contribution in [0, 0.1) is 5.92 Å². The molecule has 2 aromatic rings. The molecule has 116 valence electrons. The summed E-state index contributed by atoms with van der Waals surface area (Å²) in [5, 5.41) is 28.8. The van der Waals surface area contributed by atoms with Crippen LogP contribution in [0.3, 0.4) is 0 Å². The van der Waals surface area contributed by atoms with Crippen molar-refractivity contribution in [3.8, 4) is 0 Å². The van der Waals surface area contributed by atoms with Gasteiger partial charge in [0.25, 0.3) is 5.56 Å². The summed E-state index contributed by atoms with van der Waals surface area (Å²) in [4.78, 5) is 18.1. The molecule has 0 saturated heterocycles. The minimum atomic E-state index is -0.752. The van der Waals surface area contributed by atoms with E-state index < -0.39 is 6.23 Å². The Hall–Kier alpha value is -1.42. The molecule has 5 N–H and O–H groups in total. The number of thioether (sulfide) groups is 1. The minimum Gasteiger partial charge on any atom is -0.396 e. The maximum Gasteiger partial charge on any atom is 0.276 e. The van der Waals surface area contributed by atoms with E-state index in [0.717, 1.165) is 5.75 Å². The average molecular weight is 313 g/mol. The van der Waals surface area contributed by atoms with Crippen LogP contribution < -0.4 is 10.9 Å². The van der Waals surface area contributed by atoms with Crippen LogP contribution >= 0.6 is 11.8 Å². The van der Waals surface area contributed by atoms with E-state index in [1.54, 1.807) is 11.8 Å². The van der Waals surface area contributed by atoms with Crippen LogP contribution in [-0.4, -0.2) is 55.2 Å². The van der Waals surface area contributed by atoms with Crippen molar-refractivity contribution in [1.82, 2.24) is 25.5 Å². The number of hydrogen-bond donors (Lipinski definition) is 5. The number of H-pyrrole nitrogens is 2. The van der Waals surface area contributed by atoms with Crippen molar-refractivity contribution in [2.24, 2.45) is 5.92 Å². The van der Waals surface area contributed by atoms with Crippen molar-refractivity contribution >= 4 is 22.8 Å². The second kappa shape index (κ2) is 7.55. The Morgan fingerprint density at radius 3 is 3.05 bits per heavy atom. The van der Waals surface area contributed by atoms with Gasteiger partial charge in [-0.1, -0.05) is 0 Å². The number of aromatic nitrogens is 4. The van der Waals surface area contributed by atoms with Crippen molar-refractivity contribution in [3.63, 3.8) is 0 Å². The number of aliphatic hydroxyl groups excluding tert-OH is 2. The number of nitrogens with zero attached hydrogens (tertiary/aromatic N) is 2. The maximum absolute atomic E-state index is 11.5. The Morgan fingerprint density at radius 2 is 2.33 bits per heavy atom. The first-order valence-corrected chi connectivity index (χ1v) is 7.98. The fourth-order valence-corrected chi connectivity index (χ4v) is 2.88. The van der Waals surface area contributed by atoms with Crippen LogP contribution in [0.1, 0.15) is 12.1 Å². The van der Waals surface area contributed by atoms with Crippen molar-refractivity contribution in [2.75, 3.05) is 18.6 Å². The van der Waals surface area contributed by atoms with Gasteiger partial charge in [0.05, 0.1) is 6.33 Å². The molecule has 0 spiro atoms. The van der Waals surface area contributed by atoms with Crippen LogP contribution in [0.5, 0.6) is 0 Å². The van der Waals surface area contributed by atoms with Crippen molar-refractivity contribution in [1.29, 1.82) is 0 Å². The number of nitrogens with one attached hydrogen (secondary N) is 3. The normalized spacial score (nSPS) is 14.4. The highest BCUT2D eigenvalue weighted by Crippen LogP contribution is 2.14. The number of aliphatic hydroxyl groups is 2. The van der Waals surface area contributed by atoms with Gasteiger partial charge >= 0.3 is 0 Å².